The van der Waals surface area contributed by atoms with Gasteiger partial charge in [-0.25, -0.2) is 13.1 Å². The van der Waals surface area contributed by atoms with Crippen molar-refractivity contribution in [3.8, 4) is 0 Å². The summed E-state index contributed by atoms with van der Waals surface area (Å²) in [4.78, 5) is 6.84. The number of hydrogen-bond donors (Lipinski definition) is 1. The number of pyridine rings is 1. The lowest BCUT2D eigenvalue weighted by Crippen LogP contribution is -2.43. The predicted molar refractivity (Wildman–Crippen MR) is 91.8 cm³/mol. The SMILES string of the molecule is CCS(=O)(=O)NC[C@@H]1CN(Cc2cccc(C)n2)Cc2ccnn21. The zero-order chi connectivity index (χ0) is 17.2. The van der Waals surface area contributed by atoms with Crippen LogP contribution in [0.2, 0.25) is 0 Å². The molecule has 0 saturated heterocycles. The van der Waals surface area contributed by atoms with Crippen LogP contribution < -0.4 is 4.72 Å². The summed E-state index contributed by atoms with van der Waals surface area (Å²) < 4.78 is 28.1. The highest BCUT2D eigenvalue weighted by Gasteiger charge is 2.26. The molecule has 0 aliphatic carbocycles. The Labute approximate surface area is 142 Å². The highest BCUT2D eigenvalue weighted by Crippen LogP contribution is 2.21. The molecule has 0 radical (unpaired) electrons. The van der Waals surface area contributed by atoms with Gasteiger partial charge in [0.1, 0.15) is 0 Å². The average Bonchev–Trinajstić information content (AvgIpc) is 3.01. The summed E-state index contributed by atoms with van der Waals surface area (Å²) in [5.41, 5.74) is 3.12. The molecule has 1 atom stereocenters. The molecule has 0 spiro atoms. The summed E-state index contributed by atoms with van der Waals surface area (Å²) >= 11 is 0. The number of nitrogens with one attached hydrogen (secondary N) is 1. The van der Waals surface area contributed by atoms with Gasteiger partial charge in [-0.2, -0.15) is 5.10 Å². The number of aryl methyl sites for hydroxylation is 1. The molecule has 0 fully saturated rings. The van der Waals surface area contributed by atoms with E-state index in [9.17, 15) is 8.42 Å². The average molecular weight is 349 g/mol. The summed E-state index contributed by atoms with van der Waals surface area (Å²) in [6, 6.07) is 7.98. The summed E-state index contributed by atoms with van der Waals surface area (Å²) in [6.07, 6.45) is 1.77. The molecule has 7 nitrogen and oxygen atoms in total. The largest absolute Gasteiger partial charge is 0.290 e. The Hall–Kier alpha value is -1.77. The molecule has 130 valence electrons. The van der Waals surface area contributed by atoms with Crippen LogP contribution in [-0.4, -0.2) is 46.9 Å². The third-order valence-corrected chi connectivity index (χ3v) is 5.57. The van der Waals surface area contributed by atoms with Gasteiger partial charge in [-0.15, -0.1) is 0 Å². The molecule has 2 aromatic rings. The lowest BCUT2D eigenvalue weighted by Gasteiger charge is -2.33. The Balaban J connectivity index is 1.73. The number of nitrogens with zero attached hydrogens (tertiary/aromatic N) is 4. The highest BCUT2D eigenvalue weighted by atomic mass is 32.2. The first-order valence-corrected chi connectivity index (χ1v) is 9.76. The molecule has 1 N–H and O–H groups in total. The van der Waals surface area contributed by atoms with Crippen LogP contribution in [0.4, 0.5) is 0 Å². The summed E-state index contributed by atoms with van der Waals surface area (Å²) in [5, 5.41) is 4.36. The summed E-state index contributed by atoms with van der Waals surface area (Å²) in [7, 11) is -3.21. The zero-order valence-corrected chi connectivity index (χ0v) is 14.8. The fourth-order valence-electron chi connectivity index (χ4n) is 2.98. The number of sulfonamides is 1. The van der Waals surface area contributed by atoms with Crippen molar-refractivity contribution in [2.75, 3.05) is 18.8 Å². The van der Waals surface area contributed by atoms with Crippen molar-refractivity contribution in [2.45, 2.75) is 33.0 Å². The molecule has 3 rings (SSSR count). The minimum Gasteiger partial charge on any atom is -0.290 e. The molecule has 0 unspecified atom stereocenters. The molecule has 1 aliphatic rings. The van der Waals surface area contributed by atoms with E-state index in [2.05, 4.69) is 19.7 Å². The second-order valence-electron chi connectivity index (χ2n) is 6.11. The molecular weight excluding hydrogens is 326 g/mol. The fourth-order valence-corrected chi connectivity index (χ4v) is 3.63. The van der Waals surface area contributed by atoms with E-state index in [0.29, 0.717) is 6.54 Å². The van der Waals surface area contributed by atoms with Crippen molar-refractivity contribution in [3.63, 3.8) is 0 Å². The Morgan fingerprint density at radius 3 is 2.92 bits per heavy atom. The molecule has 0 aromatic carbocycles. The van der Waals surface area contributed by atoms with Gasteiger partial charge in [-0.05, 0) is 32.0 Å². The third-order valence-electron chi connectivity index (χ3n) is 4.20. The van der Waals surface area contributed by atoms with Crippen LogP contribution in [0.15, 0.2) is 30.5 Å². The van der Waals surface area contributed by atoms with Crippen molar-refractivity contribution >= 4 is 10.0 Å². The summed E-state index contributed by atoms with van der Waals surface area (Å²) in [6.45, 7) is 6.23. The van der Waals surface area contributed by atoms with Gasteiger partial charge in [0, 0.05) is 38.1 Å². The Kier molecular flexibility index (Phi) is 4.98. The number of hydrogen-bond acceptors (Lipinski definition) is 5. The second kappa shape index (κ2) is 7.00. The number of fused-ring (bicyclic) bond motifs is 1. The third kappa shape index (κ3) is 4.00. The van der Waals surface area contributed by atoms with Crippen molar-refractivity contribution in [1.29, 1.82) is 0 Å². The molecule has 0 bridgehead atoms. The minimum absolute atomic E-state index is 0.0186. The zero-order valence-electron chi connectivity index (χ0n) is 14.0. The van der Waals surface area contributed by atoms with E-state index in [-0.39, 0.29) is 11.8 Å². The fraction of sp³-hybridized carbons (Fsp3) is 0.500. The maximum absolute atomic E-state index is 11.7. The van der Waals surface area contributed by atoms with Gasteiger partial charge in [0.25, 0.3) is 0 Å². The number of rotatable bonds is 6. The lowest BCUT2D eigenvalue weighted by molar-refractivity contribution is 0.166. The van der Waals surface area contributed by atoms with E-state index in [1.54, 1.807) is 13.1 Å². The molecule has 0 amide bonds. The van der Waals surface area contributed by atoms with Crippen LogP contribution in [0.25, 0.3) is 0 Å². The first-order valence-electron chi connectivity index (χ1n) is 8.11. The highest BCUT2D eigenvalue weighted by molar-refractivity contribution is 7.89. The smallest absolute Gasteiger partial charge is 0.211 e. The molecular formula is C16H23N5O2S. The molecule has 3 heterocycles. The molecule has 8 heteroatoms. The van der Waals surface area contributed by atoms with Crippen molar-refractivity contribution in [1.82, 2.24) is 24.4 Å². The van der Waals surface area contributed by atoms with E-state index in [1.807, 2.05) is 35.9 Å². The van der Waals surface area contributed by atoms with Crippen molar-refractivity contribution in [3.05, 3.63) is 47.5 Å². The van der Waals surface area contributed by atoms with E-state index in [4.69, 9.17) is 0 Å². The van der Waals surface area contributed by atoms with Gasteiger partial charge in [0.05, 0.1) is 23.2 Å². The van der Waals surface area contributed by atoms with Crippen LogP contribution >= 0.6 is 0 Å². The molecule has 0 saturated carbocycles. The van der Waals surface area contributed by atoms with Crippen molar-refractivity contribution in [2.24, 2.45) is 0 Å². The standard InChI is InChI=1S/C16H23N5O2S/c1-3-24(22,23)18-9-16-12-20(11-15-7-8-17-21(15)16)10-14-6-4-5-13(2)19-14/h4-8,16,18H,3,9-12H2,1-2H3/t16-/m1/s1. The summed E-state index contributed by atoms with van der Waals surface area (Å²) in [5.74, 6) is 0.0859. The second-order valence-corrected chi connectivity index (χ2v) is 8.21. The van der Waals surface area contributed by atoms with Gasteiger partial charge in [-0.1, -0.05) is 6.07 Å². The Morgan fingerprint density at radius 1 is 1.33 bits per heavy atom. The maximum Gasteiger partial charge on any atom is 0.211 e. The molecule has 24 heavy (non-hydrogen) atoms. The Bertz CT molecular complexity index is 802. The van der Waals surface area contributed by atoms with Crippen molar-refractivity contribution < 1.29 is 8.42 Å². The van der Waals surface area contributed by atoms with E-state index in [0.717, 1.165) is 36.7 Å². The van der Waals surface area contributed by atoms with Crippen LogP contribution in [-0.2, 0) is 23.1 Å². The van der Waals surface area contributed by atoms with Gasteiger partial charge >= 0.3 is 0 Å². The van der Waals surface area contributed by atoms with E-state index < -0.39 is 10.0 Å². The van der Waals surface area contributed by atoms with Crippen LogP contribution in [0.1, 0.15) is 30.0 Å². The number of aromatic nitrogens is 3. The normalized spacial score (nSPS) is 18.5. The first-order chi connectivity index (χ1) is 11.5. The Morgan fingerprint density at radius 2 is 2.17 bits per heavy atom. The monoisotopic (exact) mass is 349 g/mol. The predicted octanol–water partition coefficient (Wildman–Crippen LogP) is 1.08. The van der Waals surface area contributed by atoms with Crippen LogP contribution in [0.3, 0.4) is 0 Å². The van der Waals surface area contributed by atoms with E-state index >= 15 is 0 Å². The quantitative estimate of drug-likeness (QED) is 0.844. The van der Waals surface area contributed by atoms with Gasteiger partial charge in [0.15, 0.2) is 0 Å². The lowest BCUT2D eigenvalue weighted by atomic mass is 10.2. The topological polar surface area (TPSA) is 80.1 Å². The van der Waals surface area contributed by atoms with Gasteiger partial charge in [-0.3, -0.25) is 14.6 Å². The first kappa shape index (κ1) is 17.1. The minimum atomic E-state index is -3.21. The molecule has 2 aromatic heterocycles. The molecule has 1 aliphatic heterocycles. The van der Waals surface area contributed by atoms with Crippen LogP contribution in [0.5, 0.6) is 0 Å². The van der Waals surface area contributed by atoms with Gasteiger partial charge < -0.3 is 0 Å². The maximum atomic E-state index is 11.7. The van der Waals surface area contributed by atoms with Crippen LogP contribution in [0, 0.1) is 6.92 Å². The van der Waals surface area contributed by atoms with Gasteiger partial charge in [0.2, 0.25) is 10.0 Å². The van der Waals surface area contributed by atoms with E-state index in [1.165, 1.54) is 0 Å².